The third-order valence-corrected chi connectivity index (χ3v) is 7.02. The number of hydrogen-bond donors (Lipinski definition) is 5. The maximum atomic E-state index is 10.1. The minimum Gasteiger partial charge on any atom is -0.508 e. The molecule has 1 atom stereocenters. The van der Waals surface area contributed by atoms with E-state index in [2.05, 4.69) is 58.0 Å². The van der Waals surface area contributed by atoms with Crippen LogP contribution in [0.3, 0.4) is 0 Å². The number of aliphatic carboxylic acids is 4. The first-order chi connectivity index (χ1) is 19.5. The van der Waals surface area contributed by atoms with Gasteiger partial charge in [0.25, 0.3) is 0 Å². The topological polar surface area (TPSA) is 179 Å². The molecule has 1 fully saturated rings. The lowest BCUT2D eigenvalue weighted by molar-refractivity contribution is -0.159. The Morgan fingerprint density at radius 2 is 1.39 bits per heavy atom. The van der Waals surface area contributed by atoms with E-state index in [0.29, 0.717) is 11.8 Å². The number of rotatable bonds is 7. The Balaban J connectivity index is 0.000000413. The summed E-state index contributed by atoms with van der Waals surface area (Å²) in [6, 6.07) is 17.4. The molecule has 4 rings (SSSR count). The second-order valence-electron chi connectivity index (χ2n) is 9.73. The summed E-state index contributed by atoms with van der Waals surface area (Å²) in [6.45, 7) is 10.3. The molecule has 12 nitrogen and oxygen atoms in total. The van der Waals surface area contributed by atoms with Gasteiger partial charge >= 0.3 is 23.9 Å². The van der Waals surface area contributed by atoms with Gasteiger partial charge in [-0.05, 0) is 61.6 Å². The van der Waals surface area contributed by atoms with Gasteiger partial charge in [-0.3, -0.25) is 9.80 Å². The van der Waals surface area contributed by atoms with Crippen LogP contribution >= 0.6 is 0 Å². The average Bonchev–Trinajstić information content (AvgIpc) is 2.96. The van der Waals surface area contributed by atoms with Crippen LogP contribution in [0.4, 0.5) is 5.69 Å². The molecule has 0 bridgehead atoms. The van der Waals surface area contributed by atoms with Crippen molar-refractivity contribution in [3.8, 4) is 5.75 Å². The van der Waals surface area contributed by atoms with Crippen molar-refractivity contribution < 1.29 is 44.7 Å². The van der Waals surface area contributed by atoms with E-state index in [9.17, 15) is 5.11 Å². The van der Waals surface area contributed by atoms with Crippen LogP contribution in [0.1, 0.15) is 30.9 Å². The fourth-order valence-corrected chi connectivity index (χ4v) is 4.98. The molecular weight excluding hydrogens is 534 g/mol. The van der Waals surface area contributed by atoms with E-state index in [0.717, 1.165) is 58.5 Å². The second-order valence-corrected chi connectivity index (χ2v) is 9.73. The highest BCUT2D eigenvalue weighted by Crippen LogP contribution is 2.30. The van der Waals surface area contributed by atoms with Crippen LogP contribution in [0.15, 0.2) is 48.5 Å². The predicted octanol–water partition coefficient (Wildman–Crippen LogP) is 2.09. The first kappa shape index (κ1) is 33.0. The number of phenolic OH excluding ortho intramolecular Hbond substituents is 1. The van der Waals surface area contributed by atoms with Crippen LogP contribution in [-0.2, 0) is 32.0 Å². The molecule has 12 heteroatoms. The number of carboxylic acid groups (broad SMARTS) is 4. The van der Waals surface area contributed by atoms with E-state index < -0.39 is 23.9 Å². The zero-order valence-corrected chi connectivity index (χ0v) is 23.2. The molecule has 0 aromatic heterocycles. The number of anilines is 1. The lowest BCUT2D eigenvalue weighted by Crippen LogP contribution is -2.50. The first-order valence-corrected chi connectivity index (χ1v) is 13.5. The zero-order valence-electron chi connectivity index (χ0n) is 23.2. The molecule has 1 aliphatic heterocycles. The number of piperazine rings is 1. The lowest BCUT2D eigenvalue weighted by atomic mass is 9.87. The maximum Gasteiger partial charge on any atom is 0.414 e. The van der Waals surface area contributed by atoms with Crippen molar-refractivity contribution in [2.24, 2.45) is 0 Å². The third-order valence-electron chi connectivity index (χ3n) is 7.02. The molecule has 5 N–H and O–H groups in total. The van der Waals surface area contributed by atoms with Gasteiger partial charge in [0.2, 0.25) is 0 Å². The molecule has 2 aliphatic rings. The highest BCUT2D eigenvalue weighted by atomic mass is 16.4. The third kappa shape index (κ3) is 11.1. The van der Waals surface area contributed by atoms with Crippen molar-refractivity contribution >= 4 is 29.6 Å². The van der Waals surface area contributed by atoms with Crippen LogP contribution in [-0.4, -0.2) is 111 Å². The van der Waals surface area contributed by atoms with Crippen molar-refractivity contribution in [3.05, 3.63) is 59.7 Å². The zero-order chi connectivity index (χ0) is 30.4. The summed E-state index contributed by atoms with van der Waals surface area (Å²) in [5.41, 5.74) is 3.87. The van der Waals surface area contributed by atoms with Gasteiger partial charge in [-0.2, -0.15) is 0 Å². The monoisotopic (exact) mass is 573 g/mol. The highest BCUT2D eigenvalue weighted by Gasteiger charge is 2.26. The summed E-state index contributed by atoms with van der Waals surface area (Å²) in [5.74, 6) is -6.81. The molecule has 2 aromatic carbocycles. The number of carbonyl (C=O) groups is 4. The normalized spacial score (nSPS) is 16.3. The Morgan fingerprint density at radius 1 is 0.805 bits per heavy atom. The number of para-hydroxylation sites is 1. The van der Waals surface area contributed by atoms with Gasteiger partial charge in [-0.25, -0.2) is 19.2 Å². The molecule has 0 spiro atoms. The predicted molar refractivity (Wildman–Crippen MR) is 151 cm³/mol. The molecule has 1 saturated heterocycles. The summed E-state index contributed by atoms with van der Waals surface area (Å²) in [6.07, 6.45) is 4.44. The Bertz CT molecular complexity index is 1100. The van der Waals surface area contributed by atoms with Crippen molar-refractivity contribution in [2.75, 3.05) is 50.7 Å². The summed E-state index contributed by atoms with van der Waals surface area (Å²) >= 11 is 0. The molecule has 0 radical (unpaired) electrons. The summed E-state index contributed by atoms with van der Waals surface area (Å²) in [4.78, 5) is 44.2. The minimum atomic E-state index is -1.82. The van der Waals surface area contributed by atoms with Crippen LogP contribution in [0, 0.1) is 0 Å². The number of phenols is 1. The Labute approximate surface area is 239 Å². The van der Waals surface area contributed by atoms with Gasteiger partial charge in [0, 0.05) is 51.0 Å². The molecular formula is C29H39N3O9. The fourth-order valence-electron chi connectivity index (χ4n) is 4.98. The standard InChI is InChI=1S/C25H35N3O.2C2H2O4/c1-2-13-27(23-11-12-24-21(20-23)7-6-10-25(24)29)17-14-26-15-18-28(19-16-26)22-8-4-3-5-9-22;2*3-1(4)2(5)6/h3-10,23,29H,2,11-20H2,1H3;2*(H,3,4)(H,5,6)/t23-;;/m1../s1. The number of nitrogens with zero attached hydrogens (tertiary/aromatic N) is 3. The quantitative estimate of drug-likeness (QED) is 0.305. The van der Waals surface area contributed by atoms with E-state index >= 15 is 0 Å². The summed E-state index contributed by atoms with van der Waals surface area (Å²) < 4.78 is 0. The number of carboxylic acids is 4. The molecule has 0 saturated carbocycles. The van der Waals surface area contributed by atoms with Gasteiger partial charge in [-0.15, -0.1) is 0 Å². The van der Waals surface area contributed by atoms with Crippen molar-refractivity contribution in [2.45, 2.75) is 38.6 Å². The van der Waals surface area contributed by atoms with E-state index in [1.54, 1.807) is 0 Å². The molecule has 1 aliphatic carbocycles. The number of benzene rings is 2. The Hall–Kier alpha value is -4.16. The highest BCUT2D eigenvalue weighted by molar-refractivity contribution is 6.27. The van der Waals surface area contributed by atoms with Gasteiger partial charge < -0.3 is 30.4 Å². The second kappa shape index (κ2) is 16.8. The van der Waals surface area contributed by atoms with Crippen LogP contribution in [0.2, 0.25) is 0 Å². The van der Waals surface area contributed by atoms with E-state index in [4.69, 9.17) is 39.6 Å². The lowest BCUT2D eigenvalue weighted by Gasteiger charge is -2.39. The van der Waals surface area contributed by atoms with E-state index in [1.807, 2.05) is 12.1 Å². The van der Waals surface area contributed by atoms with Gasteiger partial charge in [-0.1, -0.05) is 37.3 Å². The smallest absolute Gasteiger partial charge is 0.414 e. The van der Waals surface area contributed by atoms with E-state index in [1.165, 1.54) is 29.8 Å². The number of fused-ring (bicyclic) bond motifs is 1. The SMILES string of the molecule is CCCN(CCN1CCN(c2ccccc2)CC1)[C@@H]1CCc2c(O)cccc2C1.O=C(O)C(=O)O.O=C(O)C(=O)O. The molecule has 0 amide bonds. The Morgan fingerprint density at radius 3 is 1.93 bits per heavy atom. The van der Waals surface area contributed by atoms with Crippen LogP contribution in [0.5, 0.6) is 5.75 Å². The maximum absolute atomic E-state index is 10.1. The van der Waals surface area contributed by atoms with Gasteiger partial charge in [0.05, 0.1) is 0 Å². The number of aromatic hydroxyl groups is 1. The van der Waals surface area contributed by atoms with Crippen LogP contribution < -0.4 is 4.90 Å². The number of hydrogen-bond acceptors (Lipinski definition) is 8. The largest absolute Gasteiger partial charge is 0.508 e. The Kier molecular flexibility index (Phi) is 13.6. The molecule has 224 valence electrons. The van der Waals surface area contributed by atoms with Crippen molar-refractivity contribution in [1.29, 1.82) is 0 Å². The summed E-state index contributed by atoms with van der Waals surface area (Å²) in [7, 11) is 0. The molecule has 41 heavy (non-hydrogen) atoms. The van der Waals surface area contributed by atoms with E-state index in [-0.39, 0.29) is 0 Å². The first-order valence-electron chi connectivity index (χ1n) is 13.5. The molecule has 1 heterocycles. The van der Waals surface area contributed by atoms with Crippen molar-refractivity contribution in [3.63, 3.8) is 0 Å². The van der Waals surface area contributed by atoms with Gasteiger partial charge in [0.15, 0.2) is 0 Å². The molecule has 0 unspecified atom stereocenters. The minimum absolute atomic E-state index is 0.485. The molecule has 2 aromatic rings. The van der Waals surface area contributed by atoms with Gasteiger partial charge in [0.1, 0.15) is 5.75 Å². The van der Waals surface area contributed by atoms with Crippen LogP contribution in [0.25, 0.3) is 0 Å². The summed E-state index contributed by atoms with van der Waals surface area (Å²) in [5, 5.41) is 39.7. The van der Waals surface area contributed by atoms with Crippen molar-refractivity contribution in [1.82, 2.24) is 9.80 Å². The fraction of sp³-hybridized carbons (Fsp3) is 0.448. The average molecular weight is 574 g/mol.